The molecule has 3 nitrogen and oxygen atoms in total. The third-order valence-electron chi connectivity index (χ3n) is 5.88. The Morgan fingerprint density at radius 3 is 2.00 bits per heavy atom. The molecular weight excluding hydrogens is 380 g/mol. The lowest BCUT2D eigenvalue weighted by Crippen LogP contribution is -2.01. The zero-order valence-electron chi connectivity index (χ0n) is 20.1. The van der Waals surface area contributed by atoms with Crippen LogP contribution in [-0.4, -0.2) is 16.6 Å². The van der Waals surface area contributed by atoms with Gasteiger partial charge in [0.15, 0.2) is 0 Å². The molecule has 1 heterocycles. The predicted octanol–water partition coefficient (Wildman–Crippen LogP) is 8.57. The van der Waals surface area contributed by atoms with Gasteiger partial charge in [0.1, 0.15) is 11.6 Å². The van der Waals surface area contributed by atoms with Crippen LogP contribution < -0.4 is 4.74 Å². The minimum absolute atomic E-state index is 0.779. The third-order valence-corrected chi connectivity index (χ3v) is 5.88. The highest BCUT2D eigenvalue weighted by Crippen LogP contribution is 2.28. The van der Waals surface area contributed by atoms with Crippen molar-refractivity contribution in [2.75, 3.05) is 6.61 Å². The molecule has 2 aromatic rings. The second kappa shape index (κ2) is 16.8. The van der Waals surface area contributed by atoms with E-state index in [2.05, 4.69) is 37.0 Å². The van der Waals surface area contributed by atoms with Crippen molar-refractivity contribution in [1.29, 1.82) is 0 Å². The Kier molecular flexibility index (Phi) is 13.7. The number of ether oxygens (including phenoxy) is 1. The molecule has 0 amide bonds. The molecule has 0 fully saturated rings. The fourth-order valence-corrected chi connectivity index (χ4v) is 3.96. The van der Waals surface area contributed by atoms with Gasteiger partial charge >= 0.3 is 0 Å². The zero-order chi connectivity index (χ0) is 22.0. The van der Waals surface area contributed by atoms with Gasteiger partial charge in [0.05, 0.1) is 12.3 Å². The van der Waals surface area contributed by atoms with Gasteiger partial charge in [-0.15, -0.1) is 0 Å². The van der Waals surface area contributed by atoms with Gasteiger partial charge in [-0.25, -0.2) is 9.97 Å². The van der Waals surface area contributed by atoms with Crippen molar-refractivity contribution < 1.29 is 4.74 Å². The summed E-state index contributed by atoms with van der Waals surface area (Å²) < 4.78 is 6.15. The van der Waals surface area contributed by atoms with Crippen LogP contribution in [0.1, 0.15) is 110 Å². The van der Waals surface area contributed by atoms with Crippen molar-refractivity contribution in [3.8, 4) is 17.0 Å². The predicted molar refractivity (Wildman–Crippen MR) is 133 cm³/mol. The van der Waals surface area contributed by atoms with Gasteiger partial charge in [-0.05, 0) is 31.0 Å². The number of aromatic nitrogens is 2. The van der Waals surface area contributed by atoms with Crippen LogP contribution in [0.2, 0.25) is 0 Å². The number of rotatable bonds is 18. The van der Waals surface area contributed by atoms with Crippen molar-refractivity contribution in [2.45, 2.75) is 110 Å². The molecule has 0 N–H and O–H groups in total. The van der Waals surface area contributed by atoms with E-state index in [1.165, 1.54) is 83.5 Å². The minimum Gasteiger partial charge on any atom is -0.493 e. The third kappa shape index (κ3) is 10.8. The lowest BCUT2D eigenvalue weighted by Gasteiger charge is -2.12. The fraction of sp³-hybridized carbons (Fsp3) is 0.643. The van der Waals surface area contributed by atoms with Crippen LogP contribution in [0.25, 0.3) is 11.3 Å². The summed E-state index contributed by atoms with van der Waals surface area (Å²) in [6.07, 6.45) is 21.1. The monoisotopic (exact) mass is 424 g/mol. The maximum atomic E-state index is 6.15. The second-order valence-electron chi connectivity index (χ2n) is 8.70. The first-order chi connectivity index (χ1) is 15.3. The molecule has 0 aliphatic carbocycles. The van der Waals surface area contributed by atoms with Gasteiger partial charge in [-0.2, -0.15) is 0 Å². The molecule has 0 aliphatic rings. The molecule has 0 saturated heterocycles. The molecule has 1 aromatic heterocycles. The van der Waals surface area contributed by atoms with Crippen LogP contribution >= 0.6 is 0 Å². The number of aryl methyl sites for hydroxylation is 1. The SMILES string of the molecule is CCCCCCCCCCOc1ccccc1-c1ccnc(CCCCCCCC)n1. The standard InChI is InChI=1S/C28H44N2O/c1-3-5-7-9-11-12-14-18-24-31-27-20-17-16-19-25(27)26-22-23-29-28(30-26)21-15-13-10-8-6-4-2/h16-17,19-20,22-23H,3-15,18,21,24H2,1-2H3. The Labute approximate surface area is 191 Å². The summed E-state index contributed by atoms with van der Waals surface area (Å²) in [5, 5.41) is 0. The summed E-state index contributed by atoms with van der Waals surface area (Å²) >= 11 is 0. The smallest absolute Gasteiger partial charge is 0.128 e. The maximum absolute atomic E-state index is 6.15. The van der Waals surface area contributed by atoms with Gasteiger partial charge in [-0.3, -0.25) is 0 Å². The molecule has 0 bridgehead atoms. The molecular formula is C28H44N2O. The van der Waals surface area contributed by atoms with E-state index >= 15 is 0 Å². The number of hydrogen-bond donors (Lipinski definition) is 0. The molecule has 0 atom stereocenters. The van der Waals surface area contributed by atoms with E-state index in [0.29, 0.717) is 0 Å². The van der Waals surface area contributed by atoms with Crippen LogP contribution in [0.15, 0.2) is 36.5 Å². The van der Waals surface area contributed by atoms with E-state index in [9.17, 15) is 0 Å². The molecule has 0 unspecified atom stereocenters. The fourth-order valence-electron chi connectivity index (χ4n) is 3.96. The first kappa shape index (κ1) is 25.4. The van der Waals surface area contributed by atoms with E-state index in [0.717, 1.165) is 42.3 Å². The molecule has 31 heavy (non-hydrogen) atoms. The molecule has 172 valence electrons. The van der Waals surface area contributed by atoms with Crippen LogP contribution in [0, 0.1) is 0 Å². The molecule has 0 spiro atoms. The van der Waals surface area contributed by atoms with Gasteiger partial charge in [0.25, 0.3) is 0 Å². The highest BCUT2D eigenvalue weighted by atomic mass is 16.5. The first-order valence-electron chi connectivity index (χ1n) is 12.9. The number of para-hydroxylation sites is 1. The summed E-state index contributed by atoms with van der Waals surface area (Å²) in [5.74, 6) is 1.89. The normalized spacial score (nSPS) is 11.0. The average molecular weight is 425 g/mol. The summed E-state index contributed by atoms with van der Waals surface area (Å²) in [7, 11) is 0. The minimum atomic E-state index is 0.779. The van der Waals surface area contributed by atoms with Crippen LogP contribution in [0.3, 0.4) is 0 Å². The van der Waals surface area contributed by atoms with E-state index < -0.39 is 0 Å². The summed E-state index contributed by atoms with van der Waals surface area (Å²) in [6.45, 7) is 5.31. The molecule has 0 saturated carbocycles. The quantitative estimate of drug-likeness (QED) is 0.225. The van der Waals surface area contributed by atoms with E-state index in [1.54, 1.807) is 0 Å². The van der Waals surface area contributed by atoms with Crippen molar-refractivity contribution in [3.05, 3.63) is 42.4 Å². The van der Waals surface area contributed by atoms with Crippen LogP contribution in [0.5, 0.6) is 5.75 Å². The largest absolute Gasteiger partial charge is 0.493 e. The molecule has 0 aliphatic heterocycles. The number of benzene rings is 1. The first-order valence-corrected chi connectivity index (χ1v) is 12.9. The second-order valence-corrected chi connectivity index (χ2v) is 8.70. The zero-order valence-corrected chi connectivity index (χ0v) is 20.1. The summed E-state index contributed by atoms with van der Waals surface area (Å²) in [6, 6.07) is 10.3. The van der Waals surface area contributed by atoms with Crippen LogP contribution in [0.4, 0.5) is 0 Å². The van der Waals surface area contributed by atoms with Crippen LogP contribution in [-0.2, 0) is 6.42 Å². The Balaban J connectivity index is 1.77. The number of unbranched alkanes of at least 4 members (excludes halogenated alkanes) is 12. The van der Waals surface area contributed by atoms with Crippen molar-refractivity contribution in [2.24, 2.45) is 0 Å². The average Bonchev–Trinajstić information content (AvgIpc) is 2.81. The molecule has 3 heteroatoms. The lowest BCUT2D eigenvalue weighted by atomic mass is 10.1. The lowest BCUT2D eigenvalue weighted by molar-refractivity contribution is 0.305. The van der Waals surface area contributed by atoms with Gasteiger partial charge in [-0.1, -0.05) is 103 Å². The maximum Gasteiger partial charge on any atom is 0.128 e. The molecule has 1 aromatic carbocycles. The highest BCUT2D eigenvalue weighted by Gasteiger charge is 2.09. The molecule has 2 rings (SSSR count). The summed E-state index contributed by atoms with van der Waals surface area (Å²) in [4.78, 5) is 9.34. The van der Waals surface area contributed by atoms with Gasteiger partial charge in [0.2, 0.25) is 0 Å². The Bertz CT molecular complexity index is 701. The van der Waals surface area contributed by atoms with Gasteiger partial charge < -0.3 is 4.74 Å². The van der Waals surface area contributed by atoms with Crippen molar-refractivity contribution in [1.82, 2.24) is 9.97 Å². The number of hydrogen-bond acceptors (Lipinski definition) is 3. The molecule has 0 radical (unpaired) electrons. The Hall–Kier alpha value is -1.90. The van der Waals surface area contributed by atoms with Crippen molar-refractivity contribution >= 4 is 0 Å². The Morgan fingerprint density at radius 1 is 0.677 bits per heavy atom. The van der Waals surface area contributed by atoms with Crippen molar-refractivity contribution in [3.63, 3.8) is 0 Å². The highest BCUT2D eigenvalue weighted by molar-refractivity contribution is 5.66. The Morgan fingerprint density at radius 2 is 1.29 bits per heavy atom. The van der Waals surface area contributed by atoms with Gasteiger partial charge in [0, 0.05) is 18.2 Å². The number of nitrogens with zero attached hydrogens (tertiary/aromatic N) is 2. The van der Waals surface area contributed by atoms with E-state index in [4.69, 9.17) is 9.72 Å². The van der Waals surface area contributed by atoms with E-state index in [-0.39, 0.29) is 0 Å². The topological polar surface area (TPSA) is 35.0 Å². The summed E-state index contributed by atoms with van der Waals surface area (Å²) in [5.41, 5.74) is 2.05. The van der Waals surface area contributed by atoms with E-state index in [1.807, 2.05) is 18.3 Å².